The van der Waals surface area contributed by atoms with Gasteiger partial charge < -0.3 is 9.84 Å². The van der Waals surface area contributed by atoms with Crippen LogP contribution in [0.4, 0.5) is 13.2 Å². The molecule has 0 amide bonds. The van der Waals surface area contributed by atoms with E-state index < -0.39 is 17.7 Å². The molecule has 0 fully saturated rings. The van der Waals surface area contributed by atoms with Crippen molar-refractivity contribution in [1.29, 1.82) is 0 Å². The normalized spacial score (nSPS) is 11.3. The average molecular weight is 379 g/mol. The average Bonchev–Trinajstić information content (AvgIpc) is 3.05. The highest BCUT2D eigenvalue weighted by Crippen LogP contribution is 2.33. The minimum Gasteiger partial charge on any atom is -0.487 e. The van der Waals surface area contributed by atoms with Gasteiger partial charge >= 0.3 is 12.1 Å². The van der Waals surface area contributed by atoms with Gasteiger partial charge in [0.2, 0.25) is 0 Å². The van der Waals surface area contributed by atoms with E-state index in [0.717, 1.165) is 23.5 Å². The number of carbonyl (C=O) groups is 1. The first-order chi connectivity index (χ1) is 12.3. The number of para-hydroxylation sites is 1. The second-order valence-electron chi connectivity index (χ2n) is 5.28. The van der Waals surface area contributed by atoms with E-state index in [1.165, 1.54) is 12.1 Å². The van der Waals surface area contributed by atoms with Gasteiger partial charge in [0, 0.05) is 5.56 Å². The van der Waals surface area contributed by atoms with E-state index in [0.29, 0.717) is 16.3 Å². The van der Waals surface area contributed by atoms with Crippen LogP contribution in [0.5, 0.6) is 5.75 Å². The Hall–Kier alpha value is -2.87. The van der Waals surface area contributed by atoms with Crippen LogP contribution in [0.15, 0.2) is 54.6 Å². The smallest absolute Gasteiger partial charge is 0.416 e. The second kappa shape index (κ2) is 7.17. The predicted octanol–water partition coefficient (Wildman–Crippen LogP) is 5.11. The maximum atomic E-state index is 12.7. The third-order valence-corrected chi connectivity index (χ3v) is 4.60. The van der Waals surface area contributed by atoms with Gasteiger partial charge in [0.1, 0.15) is 27.9 Å². The van der Waals surface area contributed by atoms with Crippen molar-refractivity contribution < 1.29 is 27.8 Å². The van der Waals surface area contributed by atoms with E-state index in [4.69, 9.17) is 4.74 Å². The summed E-state index contributed by atoms with van der Waals surface area (Å²) in [5, 5.41) is 9.66. The molecule has 0 unspecified atom stereocenters. The Morgan fingerprint density at radius 2 is 1.73 bits per heavy atom. The largest absolute Gasteiger partial charge is 0.487 e. The molecule has 3 aromatic rings. The molecule has 0 saturated carbocycles. The van der Waals surface area contributed by atoms with E-state index >= 15 is 0 Å². The Morgan fingerprint density at radius 3 is 2.31 bits per heavy atom. The number of rotatable bonds is 5. The third-order valence-electron chi connectivity index (χ3n) is 3.47. The van der Waals surface area contributed by atoms with Gasteiger partial charge in [-0.15, -0.1) is 11.3 Å². The molecule has 2 aromatic carbocycles. The lowest BCUT2D eigenvalue weighted by Gasteiger charge is -2.06. The summed E-state index contributed by atoms with van der Waals surface area (Å²) in [6.45, 7) is -0.0528. The molecule has 26 heavy (non-hydrogen) atoms. The minimum atomic E-state index is -4.43. The fraction of sp³-hybridized carbons (Fsp3) is 0.111. The molecule has 0 bridgehead atoms. The number of carboxylic acid groups (broad SMARTS) is 1. The van der Waals surface area contributed by atoms with Crippen LogP contribution in [-0.4, -0.2) is 16.1 Å². The van der Waals surface area contributed by atoms with Crippen LogP contribution >= 0.6 is 11.3 Å². The van der Waals surface area contributed by atoms with Gasteiger partial charge in [0.25, 0.3) is 0 Å². The van der Waals surface area contributed by atoms with Gasteiger partial charge in [-0.3, -0.25) is 0 Å². The van der Waals surface area contributed by atoms with Crippen LogP contribution in [0.3, 0.4) is 0 Å². The van der Waals surface area contributed by atoms with Crippen LogP contribution in [-0.2, 0) is 12.8 Å². The lowest BCUT2D eigenvalue weighted by Crippen LogP contribution is -2.04. The zero-order chi connectivity index (χ0) is 18.7. The first kappa shape index (κ1) is 17.9. The Bertz CT molecular complexity index is 906. The molecule has 0 aliphatic rings. The van der Waals surface area contributed by atoms with Crippen LogP contribution in [0.2, 0.25) is 0 Å². The number of benzene rings is 2. The van der Waals surface area contributed by atoms with Crippen LogP contribution < -0.4 is 4.74 Å². The van der Waals surface area contributed by atoms with Crippen molar-refractivity contribution in [3.05, 3.63) is 70.7 Å². The number of alkyl halides is 3. The molecule has 0 aliphatic carbocycles. The molecule has 0 aliphatic heterocycles. The van der Waals surface area contributed by atoms with Gasteiger partial charge in [-0.25, -0.2) is 9.78 Å². The van der Waals surface area contributed by atoms with Crippen LogP contribution in [0, 0.1) is 0 Å². The van der Waals surface area contributed by atoms with Crippen LogP contribution in [0.25, 0.3) is 10.6 Å². The van der Waals surface area contributed by atoms with E-state index in [9.17, 15) is 23.1 Å². The quantitative estimate of drug-likeness (QED) is 0.670. The third kappa shape index (κ3) is 4.02. The van der Waals surface area contributed by atoms with E-state index in [1.807, 2.05) is 6.07 Å². The monoisotopic (exact) mass is 379 g/mol. The number of nitrogens with zero attached hydrogens (tertiary/aromatic N) is 1. The highest BCUT2D eigenvalue weighted by Gasteiger charge is 2.30. The first-order valence-electron chi connectivity index (χ1n) is 7.43. The molecule has 4 nitrogen and oxygen atoms in total. The van der Waals surface area contributed by atoms with Crippen molar-refractivity contribution in [2.24, 2.45) is 0 Å². The van der Waals surface area contributed by atoms with Gasteiger partial charge in [-0.05, 0) is 24.3 Å². The van der Waals surface area contributed by atoms with Crippen molar-refractivity contribution in [2.75, 3.05) is 0 Å². The minimum absolute atomic E-state index is 0.00386. The van der Waals surface area contributed by atoms with Gasteiger partial charge in [0.15, 0.2) is 0 Å². The van der Waals surface area contributed by atoms with Gasteiger partial charge in [0.05, 0.1) is 5.56 Å². The zero-order valence-corrected chi connectivity index (χ0v) is 14.0. The molecule has 134 valence electrons. The van der Waals surface area contributed by atoms with Gasteiger partial charge in [-0.2, -0.15) is 13.2 Å². The highest BCUT2D eigenvalue weighted by atomic mass is 32.1. The fourth-order valence-corrected chi connectivity index (χ4v) is 3.12. The summed E-state index contributed by atoms with van der Waals surface area (Å²) in [5.41, 5.74) is -0.137. The maximum Gasteiger partial charge on any atom is 0.416 e. The molecule has 0 saturated heterocycles. The van der Waals surface area contributed by atoms with Crippen molar-refractivity contribution in [3.8, 4) is 16.3 Å². The number of carboxylic acids is 1. The van der Waals surface area contributed by atoms with E-state index in [1.54, 1.807) is 24.3 Å². The number of aromatic carboxylic acids is 1. The number of ether oxygens (including phenoxy) is 1. The molecule has 0 radical (unpaired) electrons. The van der Waals surface area contributed by atoms with Crippen molar-refractivity contribution in [2.45, 2.75) is 12.8 Å². The van der Waals surface area contributed by atoms with Crippen molar-refractivity contribution in [3.63, 3.8) is 0 Å². The topological polar surface area (TPSA) is 59.4 Å². The summed E-state index contributed by atoms with van der Waals surface area (Å²) in [6, 6.07) is 13.3. The van der Waals surface area contributed by atoms with Gasteiger partial charge in [-0.1, -0.05) is 30.3 Å². The number of hydrogen-bond acceptors (Lipinski definition) is 4. The first-order valence-corrected chi connectivity index (χ1v) is 8.25. The Kier molecular flexibility index (Phi) is 4.94. The van der Waals surface area contributed by atoms with E-state index in [-0.39, 0.29) is 17.2 Å². The SMILES string of the molecule is O=C(O)c1sc(-c2ccc(C(F)(F)F)cc2)nc1COc1ccccc1. The number of hydrogen-bond donors (Lipinski definition) is 1. The fourth-order valence-electron chi connectivity index (χ4n) is 2.21. The summed E-state index contributed by atoms with van der Waals surface area (Å²) in [4.78, 5) is 15.7. The molecule has 1 aromatic heterocycles. The number of aromatic nitrogens is 1. The number of halogens is 3. The summed E-state index contributed by atoms with van der Waals surface area (Å²) < 4.78 is 43.5. The molecule has 8 heteroatoms. The summed E-state index contributed by atoms with van der Waals surface area (Å²) in [6.07, 6.45) is -4.43. The molecule has 0 spiro atoms. The molecular weight excluding hydrogens is 367 g/mol. The Balaban J connectivity index is 1.86. The molecule has 3 rings (SSSR count). The van der Waals surface area contributed by atoms with Crippen LogP contribution in [0.1, 0.15) is 20.9 Å². The second-order valence-corrected chi connectivity index (χ2v) is 6.28. The van der Waals surface area contributed by atoms with Crippen molar-refractivity contribution >= 4 is 17.3 Å². The molecular formula is C18H12F3NO3S. The van der Waals surface area contributed by atoms with E-state index in [2.05, 4.69) is 4.98 Å². The lowest BCUT2D eigenvalue weighted by molar-refractivity contribution is -0.137. The maximum absolute atomic E-state index is 12.7. The summed E-state index contributed by atoms with van der Waals surface area (Å²) in [5.74, 6) is -0.597. The summed E-state index contributed by atoms with van der Waals surface area (Å²) in [7, 11) is 0. The number of thiazole rings is 1. The molecule has 1 N–H and O–H groups in total. The van der Waals surface area contributed by atoms with Crippen molar-refractivity contribution in [1.82, 2.24) is 4.98 Å². The lowest BCUT2D eigenvalue weighted by atomic mass is 10.1. The molecule has 1 heterocycles. The Morgan fingerprint density at radius 1 is 1.08 bits per heavy atom. The zero-order valence-electron chi connectivity index (χ0n) is 13.2. The molecule has 0 atom stereocenters. The summed E-state index contributed by atoms with van der Waals surface area (Å²) >= 11 is 0.897. The standard InChI is InChI=1S/C18H12F3NO3S/c19-18(20,21)12-8-6-11(7-9-12)16-22-14(15(26-16)17(23)24)10-25-13-4-2-1-3-5-13/h1-9H,10H2,(H,23,24). The Labute approximate surface area is 150 Å². The predicted molar refractivity (Wildman–Crippen MR) is 90.3 cm³/mol. The highest BCUT2D eigenvalue weighted by molar-refractivity contribution is 7.17.